The van der Waals surface area contributed by atoms with E-state index in [1.54, 1.807) is 0 Å². The first-order valence-corrected chi connectivity index (χ1v) is 21.7. The number of hydrogen-bond donors (Lipinski definition) is 0. The molecule has 1 saturated carbocycles. The third kappa shape index (κ3) is 7.53. The summed E-state index contributed by atoms with van der Waals surface area (Å²) in [6.07, 6.45) is 9.50. The Morgan fingerprint density at radius 2 is 1.50 bits per heavy atom. The lowest BCUT2D eigenvalue weighted by molar-refractivity contribution is -0.129. The van der Waals surface area contributed by atoms with Gasteiger partial charge >= 0.3 is 0 Å². The molecule has 0 heterocycles. The molecule has 236 valence electrons. The van der Waals surface area contributed by atoms with Crippen LogP contribution in [-0.4, -0.2) is 28.7 Å². The molecule has 3 unspecified atom stereocenters. The number of carbonyl (C=O) groups excluding carboxylic acids is 2. The highest BCUT2D eigenvalue weighted by atomic mass is 35.5. The van der Waals surface area contributed by atoms with Crippen molar-refractivity contribution in [3.05, 3.63) is 45.5 Å². The lowest BCUT2D eigenvalue weighted by Crippen LogP contribution is -2.45. The third-order valence-electron chi connectivity index (χ3n) is 10.8. The van der Waals surface area contributed by atoms with Crippen LogP contribution in [-0.2, 0) is 11.2 Å². The molecule has 0 spiro atoms. The van der Waals surface area contributed by atoms with E-state index in [1.807, 2.05) is 6.92 Å². The fourth-order valence-corrected chi connectivity index (χ4v) is 7.24. The Labute approximate surface area is 263 Å². The van der Waals surface area contributed by atoms with Crippen LogP contribution in [0.5, 0.6) is 11.5 Å². The first kappa shape index (κ1) is 36.6. The molecular formula is C35H57ClO4Si2. The molecule has 1 fully saturated rings. The number of benzene rings is 1. The Bertz CT molecular complexity index is 1250. The molecule has 1 aromatic carbocycles. The van der Waals surface area contributed by atoms with Crippen LogP contribution in [0.1, 0.15) is 104 Å². The summed E-state index contributed by atoms with van der Waals surface area (Å²) in [5.41, 5.74) is 2.91. The number of ketones is 1. The summed E-state index contributed by atoms with van der Waals surface area (Å²) in [5, 5.41) is 0.379. The van der Waals surface area contributed by atoms with Gasteiger partial charge in [-0.2, -0.15) is 0 Å². The Hall–Kier alpha value is -1.64. The topological polar surface area (TPSA) is 52.6 Å². The quantitative estimate of drug-likeness (QED) is 0.154. The first-order valence-electron chi connectivity index (χ1n) is 15.5. The van der Waals surface area contributed by atoms with Crippen molar-refractivity contribution in [1.29, 1.82) is 0 Å². The van der Waals surface area contributed by atoms with Crippen LogP contribution in [0.4, 0.5) is 0 Å². The van der Waals surface area contributed by atoms with Crippen LogP contribution in [0.3, 0.4) is 0 Å². The standard InChI is InChI=1S/C35H57ClO4Si2/c1-23(20-21-35(11)24(2)17-19-29(38)26(35)4)16-18-27-31(39-41(12,13)33(5,6)7)28(22-37)25(3)30(36)32(27)40-42(14,15)34(8,9)10/h16,20-22,24,26H,17-19H2,1-15H3. The van der Waals surface area contributed by atoms with Gasteiger partial charge in [0.15, 0.2) is 6.29 Å². The van der Waals surface area contributed by atoms with Crippen molar-refractivity contribution < 1.29 is 18.4 Å². The fourth-order valence-electron chi connectivity index (χ4n) is 4.83. The maximum absolute atomic E-state index is 12.6. The van der Waals surface area contributed by atoms with Crippen LogP contribution in [0.2, 0.25) is 41.3 Å². The van der Waals surface area contributed by atoms with Crippen molar-refractivity contribution in [1.82, 2.24) is 0 Å². The number of hydrogen-bond acceptors (Lipinski definition) is 4. The van der Waals surface area contributed by atoms with E-state index in [1.165, 1.54) is 0 Å². The van der Waals surface area contributed by atoms with Crippen molar-refractivity contribution in [2.75, 3.05) is 0 Å². The maximum Gasteiger partial charge on any atom is 0.250 e. The van der Waals surface area contributed by atoms with Gasteiger partial charge in [0.2, 0.25) is 0 Å². The second-order valence-corrected chi connectivity index (χ2v) is 25.6. The minimum atomic E-state index is -2.32. The zero-order valence-electron chi connectivity index (χ0n) is 29.1. The summed E-state index contributed by atoms with van der Waals surface area (Å²) in [4.78, 5) is 25.1. The molecule has 42 heavy (non-hydrogen) atoms. The Kier molecular flexibility index (Phi) is 11.1. The van der Waals surface area contributed by atoms with E-state index in [0.29, 0.717) is 52.2 Å². The van der Waals surface area contributed by atoms with Crippen molar-refractivity contribution in [2.45, 2.75) is 132 Å². The number of Topliss-reactive ketones (excluding diaryl/α,β-unsaturated/α-hetero) is 1. The summed E-state index contributed by atoms with van der Waals surface area (Å²) in [7, 11) is -4.61. The summed E-state index contributed by atoms with van der Waals surface area (Å²) >= 11 is 7.04. The number of aldehydes is 1. The van der Waals surface area contributed by atoms with Gasteiger partial charge in [-0.1, -0.05) is 97.7 Å². The summed E-state index contributed by atoms with van der Waals surface area (Å²) in [6.45, 7) is 32.5. The molecule has 0 N–H and O–H groups in total. The lowest BCUT2D eigenvalue weighted by atomic mass is 9.61. The molecule has 1 aliphatic rings. The molecule has 0 saturated heterocycles. The zero-order chi connectivity index (χ0) is 32.6. The number of carbonyl (C=O) groups is 2. The Morgan fingerprint density at radius 3 is 1.98 bits per heavy atom. The van der Waals surface area contributed by atoms with Crippen LogP contribution in [0, 0.1) is 24.2 Å². The molecule has 0 radical (unpaired) electrons. The van der Waals surface area contributed by atoms with Gasteiger partial charge in [-0.15, -0.1) is 0 Å². The molecule has 0 aromatic heterocycles. The molecular weight excluding hydrogens is 576 g/mol. The predicted octanol–water partition coefficient (Wildman–Crippen LogP) is 10.9. The molecule has 1 aliphatic carbocycles. The van der Waals surface area contributed by atoms with Crippen LogP contribution in [0.25, 0.3) is 0 Å². The van der Waals surface area contributed by atoms with Crippen LogP contribution < -0.4 is 8.85 Å². The second kappa shape index (κ2) is 12.8. The van der Waals surface area contributed by atoms with E-state index >= 15 is 0 Å². The Morgan fingerprint density at radius 1 is 1.00 bits per heavy atom. The molecule has 0 aliphatic heterocycles. The zero-order valence-corrected chi connectivity index (χ0v) is 31.9. The normalized spacial score (nSPS) is 23.0. The van der Waals surface area contributed by atoms with E-state index in [-0.39, 0.29) is 21.4 Å². The van der Waals surface area contributed by atoms with Gasteiger partial charge < -0.3 is 8.85 Å². The van der Waals surface area contributed by atoms with E-state index in [4.69, 9.17) is 20.5 Å². The maximum atomic E-state index is 12.6. The lowest BCUT2D eigenvalue weighted by Gasteiger charge is -2.42. The molecule has 4 nitrogen and oxygen atoms in total. The third-order valence-corrected chi connectivity index (χ3v) is 19.9. The van der Waals surface area contributed by atoms with Crippen molar-refractivity contribution in [2.24, 2.45) is 17.3 Å². The highest BCUT2D eigenvalue weighted by Gasteiger charge is 2.44. The fraction of sp³-hybridized carbons (Fsp3) is 0.657. The molecule has 0 amide bonds. The summed E-state index contributed by atoms with van der Waals surface area (Å²) in [6, 6.07) is 0. The van der Waals surface area contributed by atoms with Gasteiger partial charge in [0.1, 0.15) is 17.3 Å². The largest absolute Gasteiger partial charge is 0.543 e. The molecule has 3 atom stereocenters. The van der Waals surface area contributed by atoms with Crippen molar-refractivity contribution >= 4 is 40.3 Å². The van der Waals surface area contributed by atoms with Crippen molar-refractivity contribution in [3.8, 4) is 11.5 Å². The van der Waals surface area contributed by atoms with Gasteiger partial charge in [-0.25, -0.2) is 0 Å². The minimum absolute atomic E-state index is 0.00876. The Balaban J connectivity index is 2.75. The minimum Gasteiger partial charge on any atom is -0.543 e. The van der Waals surface area contributed by atoms with Crippen LogP contribution in [0.15, 0.2) is 23.8 Å². The SMILES string of the molecule is CC(C=CC1(C)C(C)CCC(=O)C1C)=CCc1c(O[Si](C)(C)C(C)(C)C)c(Cl)c(C)c(C=O)c1O[Si](C)(C)C(C)(C)C. The summed E-state index contributed by atoms with van der Waals surface area (Å²) in [5.74, 6) is 2.00. The highest BCUT2D eigenvalue weighted by molar-refractivity contribution is 6.75. The van der Waals surface area contributed by atoms with Crippen LogP contribution >= 0.6 is 11.6 Å². The monoisotopic (exact) mass is 632 g/mol. The number of rotatable bonds is 9. The van der Waals surface area contributed by atoms with E-state index in [9.17, 15) is 9.59 Å². The number of allylic oxidation sites excluding steroid dienone is 4. The average molecular weight is 633 g/mol. The molecule has 1 aromatic rings. The highest BCUT2D eigenvalue weighted by Crippen LogP contribution is 2.49. The van der Waals surface area contributed by atoms with E-state index in [2.05, 4.69) is 114 Å². The molecule has 7 heteroatoms. The van der Waals surface area contributed by atoms with Gasteiger partial charge in [0, 0.05) is 17.9 Å². The molecule has 0 bridgehead atoms. The van der Waals surface area contributed by atoms with E-state index in [0.717, 1.165) is 23.8 Å². The van der Waals surface area contributed by atoms with Gasteiger partial charge in [0.25, 0.3) is 16.6 Å². The van der Waals surface area contributed by atoms with Crippen molar-refractivity contribution in [3.63, 3.8) is 0 Å². The second-order valence-electron chi connectivity index (χ2n) is 15.8. The predicted molar refractivity (Wildman–Crippen MR) is 185 cm³/mol. The van der Waals surface area contributed by atoms with Gasteiger partial charge in [0.05, 0.1) is 10.6 Å². The summed E-state index contributed by atoms with van der Waals surface area (Å²) < 4.78 is 13.9. The van der Waals surface area contributed by atoms with Gasteiger partial charge in [-0.05, 0) is 79.9 Å². The molecule has 2 rings (SSSR count). The smallest absolute Gasteiger partial charge is 0.250 e. The number of halogens is 1. The average Bonchev–Trinajstić information content (AvgIpc) is 2.85. The van der Waals surface area contributed by atoms with E-state index < -0.39 is 16.6 Å². The van der Waals surface area contributed by atoms with Gasteiger partial charge in [-0.3, -0.25) is 9.59 Å². The first-order chi connectivity index (χ1) is 18.9.